The highest BCUT2D eigenvalue weighted by Crippen LogP contribution is 2.14. The minimum Gasteiger partial charge on any atom is -0.489 e. The van der Waals surface area contributed by atoms with Gasteiger partial charge >= 0.3 is 0 Å². The standard InChI is InChI=1S/C24H21NO3/c1-18(26)23(25-24(27)21-8-4-2-5-9-21)16-19-12-14-20(15-13-19)17-28-22-10-6-3-7-11-22/h2-16H,17H2,1H3,(H,25,27)/b23-16-. The van der Waals surface area contributed by atoms with Crippen LogP contribution in [0.25, 0.3) is 6.08 Å². The third-order valence-corrected chi connectivity index (χ3v) is 4.10. The van der Waals surface area contributed by atoms with E-state index in [-0.39, 0.29) is 17.4 Å². The van der Waals surface area contributed by atoms with E-state index in [9.17, 15) is 9.59 Å². The summed E-state index contributed by atoms with van der Waals surface area (Å²) in [5.41, 5.74) is 2.59. The molecule has 140 valence electrons. The van der Waals surface area contributed by atoms with Crippen molar-refractivity contribution < 1.29 is 14.3 Å². The molecule has 0 spiro atoms. The Kier molecular flexibility index (Phi) is 6.37. The van der Waals surface area contributed by atoms with Crippen molar-refractivity contribution in [2.75, 3.05) is 0 Å². The number of ketones is 1. The van der Waals surface area contributed by atoms with Gasteiger partial charge in [-0.1, -0.05) is 60.7 Å². The van der Waals surface area contributed by atoms with E-state index in [0.717, 1.165) is 16.9 Å². The smallest absolute Gasteiger partial charge is 0.255 e. The van der Waals surface area contributed by atoms with Crippen molar-refractivity contribution in [3.63, 3.8) is 0 Å². The zero-order chi connectivity index (χ0) is 19.8. The Morgan fingerprint density at radius 2 is 1.46 bits per heavy atom. The number of allylic oxidation sites excluding steroid dienone is 1. The van der Waals surface area contributed by atoms with Gasteiger partial charge in [-0.15, -0.1) is 0 Å². The molecule has 0 unspecified atom stereocenters. The van der Waals surface area contributed by atoms with Gasteiger partial charge in [0.1, 0.15) is 12.4 Å². The number of ether oxygens (including phenoxy) is 1. The average Bonchev–Trinajstić information content (AvgIpc) is 2.74. The number of hydrogen-bond donors (Lipinski definition) is 1. The molecule has 1 N–H and O–H groups in total. The molecule has 0 aliphatic carbocycles. The summed E-state index contributed by atoms with van der Waals surface area (Å²) >= 11 is 0. The summed E-state index contributed by atoms with van der Waals surface area (Å²) in [7, 11) is 0. The van der Waals surface area contributed by atoms with Crippen LogP contribution in [0, 0.1) is 0 Å². The zero-order valence-electron chi connectivity index (χ0n) is 15.6. The summed E-state index contributed by atoms with van der Waals surface area (Å²) in [6.45, 7) is 1.89. The number of carbonyl (C=O) groups excluding carboxylic acids is 2. The molecule has 0 fully saturated rings. The van der Waals surface area contributed by atoms with E-state index in [1.165, 1.54) is 6.92 Å². The van der Waals surface area contributed by atoms with E-state index < -0.39 is 0 Å². The molecule has 3 rings (SSSR count). The molecule has 4 heteroatoms. The highest BCUT2D eigenvalue weighted by molar-refractivity contribution is 6.05. The third-order valence-electron chi connectivity index (χ3n) is 4.10. The Hall–Kier alpha value is -3.66. The van der Waals surface area contributed by atoms with Crippen molar-refractivity contribution in [1.82, 2.24) is 5.32 Å². The molecule has 28 heavy (non-hydrogen) atoms. The SMILES string of the molecule is CC(=O)/C(=C/c1ccc(COc2ccccc2)cc1)NC(=O)c1ccccc1. The van der Waals surface area contributed by atoms with Gasteiger partial charge < -0.3 is 10.1 Å². The number of benzene rings is 3. The minimum absolute atomic E-state index is 0.208. The lowest BCUT2D eigenvalue weighted by Crippen LogP contribution is -2.26. The van der Waals surface area contributed by atoms with Gasteiger partial charge in [-0.25, -0.2) is 0 Å². The molecule has 3 aromatic rings. The molecular formula is C24H21NO3. The van der Waals surface area contributed by atoms with E-state index in [0.29, 0.717) is 12.2 Å². The summed E-state index contributed by atoms with van der Waals surface area (Å²) in [4.78, 5) is 24.2. The average molecular weight is 371 g/mol. The lowest BCUT2D eigenvalue weighted by Gasteiger charge is -2.08. The molecule has 1 amide bonds. The van der Waals surface area contributed by atoms with Crippen LogP contribution in [0.15, 0.2) is 90.6 Å². The Morgan fingerprint density at radius 1 is 0.857 bits per heavy atom. The van der Waals surface area contributed by atoms with Gasteiger partial charge in [0.2, 0.25) is 0 Å². The second-order valence-corrected chi connectivity index (χ2v) is 6.28. The molecule has 0 heterocycles. The number of rotatable bonds is 7. The fourth-order valence-electron chi connectivity index (χ4n) is 2.57. The maximum atomic E-state index is 12.3. The summed E-state index contributed by atoms with van der Waals surface area (Å²) < 4.78 is 5.73. The first-order chi connectivity index (χ1) is 13.6. The van der Waals surface area contributed by atoms with Crippen molar-refractivity contribution in [1.29, 1.82) is 0 Å². The fourth-order valence-corrected chi connectivity index (χ4v) is 2.57. The van der Waals surface area contributed by atoms with Gasteiger partial charge in [0.15, 0.2) is 5.78 Å². The number of hydrogen-bond acceptors (Lipinski definition) is 3. The highest BCUT2D eigenvalue weighted by atomic mass is 16.5. The highest BCUT2D eigenvalue weighted by Gasteiger charge is 2.10. The summed E-state index contributed by atoms with van der Waals surface area (Å²) in [5, 5.41) is 2.69. The van der Waals surface area contributed by atoms with Crippen LogP contribution < -0.4 is 10.1 Å². The largest absolute Gasteiger partial charge is 0.489 e. The van der Waals surface area contributed by atoms with Crippen molar-refractivity contribution in [2.24, 2.45) is 0 Å². The number of para-hydroxylation sites is 1. The Balaban J connectivity index is 1.67. The van der Waals surface area contributed by atoms with Crippen LogP contribution in [0.1, 0.15) is 28.4 Å². The van der Waals surface area contributed by atoms with Crippen LogP contribution in [0.3, 0.4) is 0 Å². The first kappa shape index (κ1) is 19.1. The van der Waals surface area contributed by atoms with E-state index >= 15 is 0 Å². The zero-order valence-corrected chi connectivity index (χ0v) is 15.6. The maximum absolute atomic E-state index is 12.3. The number of carbonyl (C=O) groups is 2. The van der Waals surface area contributed by atoms with Crippen LogP contribution in [0.4, 0.5) is 0 Å². The van der Waals surface area contributed by atoms with Crippen LogP contribution in [0.2, 0.25) is 0 Å². The molecule has 0 aromatic heterocycles. The third kappa shape index (κ3) is 5.42. The predicted molar refractivity (Wildman–Crippen MR) is 110 cm³/mol. The van der Waals surface area contributed by atoms with Gasteiger partial charge in [-0.2, -0.15) is 0 Å². The molecule has 0 radical (unpaired) electrons. The second-order valence-electron chi connectivity index (χ2n) is 6.28. The minimum atomic E-state index is -0.310. The molecule has 0 saturated heterocycles. The van der Waals surface area contributed by atoms with E-state index in [1.807, 2.05) is 60.7 Å². The van der Waals surface area contributed by atoms with Gasteiger partial charge in [0, 0.05) is 12.5 Å². The Morgan fingerprint density at radius 3 is 2.07 bits per heavy atom. The molecule has 0 bridgehead atoms. The first-order valence-corrected chi connectivity index (χ1v) is 8.97. The van der Waals surface area contributed by atoms with Crippen molar-refractivity contribution in [3.8, 4) is 5.75 Å². The normalized spacial score (nSPS) is 11.0. The van der Waals surface area contributed by atoms with Crippen LogP contribution >= 0.6 is 0 Å². The Labute approximate surface area is 164 Å². The van der Waals surface area contributed by atoms with Gasteiger partial charge in [-0.05, 0) is 41.5 Å². The molecule has 3 aromatic carbocycles. The maximum Gasteiger partial charge on any atom is 0.255 e. The van der Waals surface area contributed by atoms with Gasteiger partial charge in [-0.3, -0.25) is 9.59 Å². The molecular weight excluding hydrogens is 350 g/mol. The quantitative estimate of drug-likeness (QED) is 0.616. The van der Waals surface area contributed by atoms with E-state index in [2.05, 4.69) is 5.32 Å². The molecule has 0 atom stereocenters. The monoisotopic (exact) mass is 371 g/mol. The number of Topliss-reactive ketones (excluding diaryl/α,β-unsaturated/α-hetero) is 1. The summed E-state index contributed by atoms with van der Waals surface area (Å²) in [6, 6.07) is 26.1. The van der Waals surface area contributed by atoms with Crippen LogP contribution in [-0.2, 0) is 11.4 Å². The summed E-state index contributed by atoms with van der Waals surface area (Å²) in [6.07, 6.45) is 1.67. The summed E-state index contributed by atoms with van der Waals surface area (Å²) in [5.74, 6) is 0.296. The number of amides is 1. The van der Waals surface area contributed by atoms with Crippen LogP contribution in [-0.4, -0.2) is 11.7 Å². The van der Waals surface area contributed by atoms with Crippen molar-refractivity contribution >= 4 is 17.8 Å². The topological polar surface area (TPSA) is 55.4 Å². The van der Waals surface area contributed by atoms with E-state index in [1.54, 1.807) is 30.3 Å². The second kappa shape index (κ2) is 9.33. The van der Waals surface area contributed by atoms with Gasteiger partial charge in [0.05, 0.1) is 5.70 Å². The van der Waals surface area contributed by atoms with Crippen molar-refractivity contribution in [3.05, 3.63) is 107 Å². The van der Waals surface area contributed by atoms with E-state index in [4.69, 9.17) is 4.74 Å². The predicted octanol–water partition coefficient (Wildman–Crippen LogP) is 4.63. The Bertz CT molecular complexity index is 962. The van der Waals surface area contributed by atoms with Crippen LogP contribution in [0.5, 0.6) is 5.75 Å². The van der Waals surface area contributed by atoms with Gasteiger partial charge in [0.25, 0.3) is 5.91 Å². The lowest BCUT2D eigenvalue weighted by atomic mass is 10.1. The fraction of sp³-hybridized carbons (Fsp3) is 0.0833. The van der Waals surface area contributed by atoms with Crippen molar-refractivity contribution in [2.45, 2.75) is 13.5 Å². The molecule has 0 aliphatic heterocycles. The molecule has 4 nitrogen and oxygen atoms in total. The molecule has 0 saturated carbocycles. The first-order valence-electron chi connectivity index (χ1n) is 8.97. The number of nitrogens with one attached hydrogen (secondary N) is 1. The molecule has 0 aliphatic rings. The lowest BCUT2D eigenvalue weighted by molar-refractivity contribution is -0.113.